The number of hydrogen-bond donors (Lipinski definition) is 2. The monoisotopic (exact) mass is 286 g/mol. The number of rotatable bonds is 7. The lowest BCUT2D eigenvalue weighted by atomic mass is 9.97. The summed E-state index contributed by atoms with van der Waals surface area (Å²) in [7, 11) is 0. The summed E-state index contributed by atoms with van der Waals surface area (Å²) in [6.07, 6.45) is 9.81. The Labute approximate surface area is 127 Å². The van der Waals surface area contributed by atoms with E-state index < -0.39 is 6.04 Å². The highest BCUT2D eigenvalue weighted by molar-refractivity contribution is 5.81. The van der Waals surface area contributed by atoms with Gasteiger partial charge in [-0.15, -0.1) is 0 Å². The molecule has 1 amide bonds. The molecule has 2 rings (SSSR count). The maximum Gasteiger partial charge on any atom is 0.236 e. The predicted molar refractivity (Wildman–Crippen MR) is 86.9 cm³/mol. The van der Waals surface area contributed by atoms with Crippen LogP contribution in [-0.2, 0) is 11.2 Å². The lowest BCUT2D eigenvalue weighted by Gasteiger charge is -2.15. The van der Waals surface area contributed by atoms with Crippen molar-refractivity contribution < 1.29 is 4.79 Å². The molecule has 0 aliphatic heterocycles. The Morgan fingerprint density at radius 2 is 2.00 bits per heavy atom. The standard InChI is InChI=1S/C18H26N2O/c19-17(12-11-15-7-3-1-4-8-15)18(21)20-14-13-16-9-5-2-6-10-16/h1,3-4,7-9,17H,2,5-6,10-14,19H2,(H,20,21)/t17-/m0/s1. The van der Waals surface area contributed by atoms with Gasteiger partial charge in [0.2, 0.25) is 5.91 Å². The summed E-state index contributed by atoms with van der Waals surface area (Å²) in [5.74, 6) is -0.0256. The fraction of sp³-hybridized carbons (Fsp3) is 0.500. The summed E-state index contributed by atoms with van der Waals surface area (Å²) in [5, 5.41) is 2.96. The molecule has 0 heterocycles. The molecule has 3 N–H and O–H groups in total. The van der Waals surface area contributed by atoms with E-state index in [-0.39, 0.29) is 5.91 Å². The van der Waals surface area contributed by atoms with Gasteiger partial charge in [-0.3, -0.25) is 4.79 Å². The van der Waals surface area contributed by atoms with Crippen LogP contribution in [0.1, 0.15) is 44.1 Å². The molecule has 21 heavy (non-hydrogen) atoms. The van der Waals surface area contributed by atoms with E-state index in [1.165, 1.54) is 36.8 Å². The second-order valence-electron chi connectivity index (χ2n) is 5.78. The van der Waals surface area contributed by atoms with Gasteiger partial charge in [0.15, 0.2) is 0 Å². The third kappa shape index (κ3) is 5.72. The summed E-state index contributed by atoms with van der Waals surface area (Å²) >= 11 is 0. The van der Waals surface area contributed by atoms with Crippen molar-refractivity contribution in [2.24, 2.45) is 5.73 Å². The molecule has 0 bridgehead atoms. The van der Waals surface area contributed by atoms with Gasteiger partial charge in [-0.25, -0.2) is 0 Å². The third-order valence-corrected chi connectivity index (χ3v) is 4.05. The Morgan fingerprint density at radius 3 is 2.71 bits per heavy atom. The zero-order valence-electron chi connectivity index (χ0n) is 12.7. The van der Waals surface area contributed by atoms with E-state index in [0.29, 0.717) is 13.0 Å². The quantitative estimate of drug-likeness (QED) is 0.757. The van der Waals surface area contributed by atoms with Crippen molar-refractivity contribution in [3.8, 4) is 0 Å². The first-order valence-electron chi connectivity index (χ1n) is 8.01. The first-order chi connectivity index (χ1) is 10.3. The van der Waals surface area contributed by atoms with Gasteiger partial charge in [-0.2, -0.15) is 0 Å². The number of carbonyl (C=O) groups is 1. The molecule has 0 saturated carbocycles. The van der Waals surface area contributed by atoms with Crippen molar-refractivity contribution in [3.05, 3.63) is 47.5 Å². The highest BCUT2D eigenvalue weighted by Crippen LogP contribution is 2.19. The Balaban J connectivity index is 1.64. The summed E-state index contributed by atoms with van der Waals surface area (Å²) in [4.78, 5) is 12.0. The SMILES string of the molecule is N[C@@H](CCc1ccccc1)C(=O)NCCC1=CCCCC1. The maximum absolute atomic E-state index is 12.0. The van der Waals surface area contributed by atoms with E-state index in [0.717, 1.165) is 12.8 Å². The van der Waals surface area contributed by atoms with Crippen molar-refractivity contribution in [1.82, 2.24) is 5.32 Å². The minimum absolute atomic E-state index is 0.0256. The molecule has 0 unspecified atom stereocenters. The van der Waals surface area contributed by atoms with Crippen LogP contribution < -0.4 is 11.1 Å². The van der Waals surface area contributed by atoms with Crippen molar-refractivity contribution in [1.29, 1.82) is 0 Å². The average Bonchev–Trinajstić information content (AvgIpc) is 2.54. The van der Waals surface area contributed by atoms with Crippen LogP contribution >= 0.6 is 0 Å². The second-order valence-corrected chi connectivity index (χ2v) is 5.78. The molecule has 114 valence electrons. The smallest absolute Gasteiger partial charge is 0.236 e. The van der Waals surface area contributed by atoms with Crippen LogP contribution in [0.5, 0.6) is 0 Å². The van der Waals surface area contributed by atoms with E-state index in [9.17, 15) is 4.79 Å². The zero-order chi connectivity index (χ0) is 14.9. The summed E-state index contributed by atoms with van der Waals surface area (Å²) in [6.45, 7) is 0.712. The van der Waals surface area contributed by atoms with Gasteiger partial charge < -0.3 is 11.1 Å². The Bertz CT molecular complexity index is 467. The first-order valence-corrected chi connectivity index (χ1v) is 8.01. The molecule has 3 heteroatoms. The fourth-order valence-electron chi connectivity index (χ4n) is 2.71. The third-order valence-electron chi connectivity index (χ3n) is 4.05. The molecule has 3 nitrogen and oxygen atoms in total. The van der Waals surface area contributed by atoms with Crippen molar-refractivity contribution in [3.63, 3.8) is 0 Å². The lowest BCUT2D eigenvalue weighted by molar-refractivity contribution is -0.122. The first kappa shape index (κ1) is 15.8. The summed E-state index contributed by atoms with van der Waals surface area (Å²) < 4.78 is 0. The Hall–Kier alpha value is -1.61. The van der Waals surface area contributed by atoms with Crippen LogP contribution in [-0.4, -0.2) is 18.5 Å². The molecular formula is C18H26N2O. The Morgan fingerprint density at radius 1 is 1.19 bits per heavy atom. The molecule has 1 aromatic rings. The molecule has 0 radical (unpaired) electrons. The number of nitrogens with two attached hydrogens (primary N) is 1. The molecule has 1 atom stereocenters. The van der Waals surface area contributed by atoms with Gasteiger partial charge in [0.05, 0.1) is 6.04 Å². The van der Waals surface area contributed by atoms with E-state index >= 15 is 0 Å². The molecular weight excluding hydrogens is 260 g/mol. The van der Waals surface area contributed by atoms with Gasteiger partial charge in [-0.1, -0.05) is 42.0 Å². The van der Waals surface area contributed by atoms with Gasteiger partial charge in [0, 0.05) is 6.54 Å². The molecule has 1 aliphatic rings. The predicted octanol–water partition coefficient (Wildman–Crippen LogP) is 2.95. The van der Waals surface area contributed by atoms with Crippen LogP contribution in [0.15, 0.2) is 42.0 Å². The molecule has 1 aromatic carbocycles. The largest absolute Gasteiger partial charge is 0.354 e. The van der Waals surface area contributed by atoms with E-state index in [1.54, 1.807) is 0 Å². The molecule has 0 aromatic heterocycles. The van der Waals surface area contributed by atoms with Gasteiger partial charge >= 0.3 is 0 Å². The number of hydrogen-bond acceptors (Lipinski definition) is 2. The van der Waals surface area contributed by atoms with Gasteiger partial charge in [-0.05, 0) is 50.5 Å². The average molecular weight is 286 g/mol. The minimum atomic E-state index is -0.412. The minimum Gasteiger partial charge on any atom is -0.354 e. The van der Waals surface area contributed by atoms with Crippen LogP contribution in [0.4, 0.5) is 0 Å². The highest BCUT2D eigenvalue weighted by atomic mass is 16.2. The van der Waals surface area contributed by atoms with Crippen LogP contribution in [0.2, 0.25) is 0 Å². The number of carbonyl (C=O) groups excluding carboxylic acids is 1. The molecule has 0 saturated heterocycles. The van der Waals surface area contributed by atoms with E-state index in [1.807, 2.05) is 18.2 Å². The van der Waals surface area contributed by atoms with Gasteiger partial charge in [0.1, 0.15) is 0 Å². The molecule has 1 aliphatic carbocycles. The normalized spacial score (nSPS) is 16.1. The second kappa shape index (κ2) is 8.63. The molecule has 0 spiro atoms. The van der Waals surface area contributed by atoms with Crippen LogP contribution in [0.25, 0.3) is 0 Å². The van der Waals surface area contributed by atoms with E-state index in [2.05, 4.69) is 23.5 Å². The summed E-state index contributed by atoms with van der Waals surface area (Å²) in [5.41, 5.74) is 8.67. The number of amides is 1. The zero-order valence-corrected chi connectivity index (χ0v) is 12.7. The highest BCUT2D eigenvalue weighted by Gasteiger charge is 2.13. The number of benzene rings is 1. The van der Waals surface area contributed by atoms with Gasteiger partial charge in [0.25, 0.3) is 0 Å². The van der Waals surface area contributed by atoms with Crippen molar-refractivity contribution in [2.45, 2.75) is 51.0 Å². The lowest BCUT2D eigenvalue weighted by Crippen LogP contribution is -2.41. The number of allylic oxidation sites excluding steroid dienone is 1. The van der Waals surface area contributed by atoms with E-state index in [4.69, 9.17) is 5.73 Å². The molecule has 0 fully saturated rings. The van der Waals surface area contributed by atoms with Crippen molar-refractivity contribution >= 4 is 5.91 Å². The number of aryl methyl sites for hydroxylation is 1. The van der Waals surface area contributed by atoms with Crippen molar-refractivity contribution in [2.75, 3.05) is 6.54 Å². The van der Waals surface area contributed by atoms with Crippen LogP contribution in [0, 0.1) is 0 Å². The maximum atomic E-state index is 12.0. The number of nitrogens with one attached hydrogen (secondary N) is 1. The summed E-state index contributed by atoms with van der Waals surface area (Å²) in [6, 6.07) is 9.75. The topological polar surface area (TPSA) is 55.1 Å². The fourth-order valence-corrected chi connectivity index (χ4v) is 2.71. The van der Waals surface area contributed by atoms with Crippen LogP contribution in [0.3, 0.4) is 0 Å². The Kier molecular flexibility index (Phi) is 6.48.